The van der Waals surface area contributed by atoms with Gasteiger partial charge in [-0.3, -0.25) is 19.2 Å². The number of aryl methyl sites for hydroxylation is 2. The zero-order valence-corrected chi connectivity index (χ0v) is 18.7. The van der Waals surface area contributed by atoms with E-state index in [1.54, 1.807) is 36.3 Å². The van der Waals surface area contributed by atoms with Crippen molar-refractivity contribution in [3.63, 3.8) is 0 Å². The number of amides is 1. The maximum atomic E-state index is 13.0. The fourth-order valence-electron chi connectivity index (χ4n) is 3.10. The molecule has 0 bridgehead atoms. The van der Waals surface area contributed by atoms with Gasteiger partial charge in [-0.1, -0.05) is 11.6 Å². The first kappa shape index (κ1) is 22.9. The third kappa shape index (κ3) is 4.72. The molecule has 1 aliphatic heterocycles. The van der Waals surface area contributed by atoms with Gasteiger partial charge in [0.1, 0.15) is 17.2 Å². The van der Waals surface area contributed by atoms with Crippen molar-refractivity contribution in [3.8, 4) is 0 Å². The van der Waals surface area contributed by atoms with Gasteiger partial charge in [0.15, 0.2) is 0 Å². The Morgan fingerprint density at radius 1 is 1.44 bits per heavy atom. The summed E-state index contributed by atoms with van der Waals surface area (Å²) in [6.07, 6.45) is 0.109. The maximum absolute atomic E-state index is 13.0. The normalized spacial score (nSPS) is 19.4. The van der Waals surface area contributed by atoms with Gasteiger partial charge in [0.05, 0.1) is 28.2 Å². The highest BCUT2D eigenvalue weighted by Gasteiger charge is 2.63. The molecule has 4 rings (SSSR count). The van der Waals surface area contributed by atoms with Crippen molar-refractivity contribution in [2.75, 3.05) is 11.6 Å². The Balaban J connectivity index is 1.33. The number of pyridine rings is 1. The number of rotatable bonds is 7. The van der Waals surface area contributed by atoms with E-state index in [-0.39, 0.29) is 23.6 Å². The second-order valence-electron chi connectivity index (χ2n) is 7.64. The van der Waals surface area contributed by atoms with Crippen molar-refractivity contribution in [2.45, 2.75) is 37.1 Å². The average molecular weight is 489 g/mol. The molecular formula is C19H20ClF3N6O2S. The van der Waals surface area contributed by atoms with E-state index in [1.807, 2.05) is 6.92 Å². The number of alkyl halides is 3. The van der Waals surface area contributed by atoms with E-state index >= 15 is 0 Å². The molecule has 1 atom stereocenters. The fourth-order valence-corrected chi connectivity index (χ4v) is 4.04. The smallest absolute Gasteiger partial charge is 0.357 e. The summed E-state index contributed by atoms with van der Waals surface area (Å²) in [5.41, 5.74) is 2.11. The number of carbonyl (C=O) groups excluding carboxylic acids is 1. The molecule has 0 radical (unpaired) electrons. The Morgan fingerprint density at radius 2 is 2.19 bits per heavy atom. The lowest BCUT2D eigenvalue weighted by atomic mass is 10.1. The van der Waals surface area contributed by atoms with Crippen LogP contribution in [-0.2, 0) is 11.8 Å². The van der Waals surface area contributed by atoms with E-state index in [9.17, 15) is 18.0 Å². The summed E-state index contributed by atoms with van der Waals surface area (Å²) < 4.78 is 48.9. The number of hydrogen-bond donors (Lipinski definition) is 2. The summed E-state index contributed by atoms with van der Waals surface area (Å²) in [6.45, 7) is 1.42. The monoisotopic (exact) mass is 488 g/mol. The third-order valence-electron chi connectivity index (χ3n) is 5.22. The van der Waals surface area contributed by atoms with Crippen LogP contribution < -0.4 is 15.2 Å². The van der Waals surface area contributed by atoms with Gasteiger partial charge in [0.2, 0.25) is 0 Å². The minimum absolute atomic E-state index is 0.0166. The van der Waals surface area contributed by atoms with Crippen LogP contribution in [0.4, 0.5) is 19.0 Å². The van der Waals surface area contributed by atoms with Crippen LogP contribution in [-0.4, -0.2) is 39.7 Å². The SMILES string of the molecule is Cc1nn(C)cc1SNC(=O)c1ccc(N2C=CC(OCC3(C(F)(F)F)CC3)N2)nc1Cl. The number of anilines is 1. The Bertz CT molecular complexity index is 1060. The van der Waals surface area contributed by atoms with Gasteiger partial charge in [0, 0.05) is 19.4 Å². The third-order valence-corrected chi connectivity index (χ3v) is 6.41. The van der Waals surface area contributed by atoms with Gasteiger partial charge in [0.25, 0.3) is 5.91 Å². The number of hydrogen-bond acceptors (Lipinski definition) is 7. The van der Waals surface area contributed by atoms with E-state index in [2.05, 4.69) is 20.2 Å². The Morgan fingerprint density at radius 3 is 2.78 bits per heavy atom. The van der Waals surface area contributed by atoms with E-state index in [0.29, 0.717) is 5.82 Å². The molecule has 2 aliphatic rings. The first-order valence-electron chi connectivity index (χ1n) is 9.64. The van der Waals surface area contributed by atoms with Crippen molar-refractivity contribution in [2.24, 2.45) is 12.5 Å². The summed E-state index contributed by atoms with van der Waals surface area (Å²) in [7, 11) is 1.79. The zero-order chi connectivity index (χ0) is 23.1. The highest BCUT2D eigenvalue weighted by molar-refractivity contribution is 7.98. The number of nitrogens with zero attached hydrogens (tertiary/aromatic N) is 4. The van der Waals surface area contributed by atoms with Crippen LogP contribution in [0.1, 0.15) is 28.9 Å². The van der Waals surface area contributed by atoms with Crippen LogP contribution in [0.5, 0.6) is 0 Å². The summed E-state index contributed by atoms with van der Waals surface area (Å²) in [5, 5.41) is 5.66. The lowest BCUT2D eigenvalue weighted by Crippen LogP contribution is -2.40. The molecular weight excluding hydrogens is 469 g/mol. The molecule has 172 valence electrons. The second kappa shape index (κ2) is 8.58. The maximum Gasteiger partial charge on any atom is 0.396 e. The minimum atomic E-state index is -4.27. The van der Waals surface area contributed by atoms with Crippen molar-refractivity contribution in [1.82, 2.24) is 24.9 Å². The van der Waals surface area contributed by atoms with Gasteiger partial charge in [-0.25, -0.2) is 4.98 Å². The highest BCUT2D eigenvalue weighted by atomic mass is 35.5. The molecule has 3 heterocycles. The Hall–Kier alpha value is -2.28. The molecule has 1 fully saturated rings. The number of carbonyl (C=O) groups is 1. The summed E-state index contributed by atoms with van der Waals surface area (Å²) in [4.78, 5) is 17.5. The molecule has 2 aromatic heterocycles. The van der Waals surface area contributed by atoms with Gasteiger partial charge >= 0.3 is 6.18 Å². The van der Waals surface area contributed by atoms with Crippen LogP contribution >= 0.6 is 23.5 Å². The molecule has 1 saturated carbocycles. The van der Waals surface area contributed by atoms with Crippen molar-refractivity contribution in [1.29, 1.82) is 0 Å². The number of nitrogens with one attached hydrogen (secondary N) is 2. The number of aromatic nitrogens is 3. The van der Waals surface area contributed by atoms with Crippen LogP contribution in [0, 0.1) is 12.3 Å². The molecule has 13 heteroatoms. The van der Waals surface area contributed by atoms with Gasteiger partial charge in [-0.15, -0.1) is 0 Å². The van der Waals surface area contributed by atoms with E-state index in [4.69, 9.17) is 16.3 Å². The van der Waals surface area contributed by atoms with Crippen LogP contribution in [0.25, 0.3) is 0 Å². The first-order chi connectivity index (χ1) is 15.1. The number of hydrazine groups is 1. The van der Waals surface area contributed by atoms with Crippen molar-refractivity contribution in [3.05, 3.63) is 47.0 Å². The largest absolute Gasteiger partial charge is 0.396 e. The fraction of sp³-hybridized carbons (Fsp3) is 0.421. The highest BCUT2D eigenvalue weighted by Crippen LogP contribution is 2.57. The van der Waals surface area contributed by atoms with Crippen LogP contribution in [0.3, 0.4) is 0 Å². The van der Waals surface area contributed by atoms with Crippen molar-refractivity contribution < 1.29 is 22.7 Å². The zero-order valence-electron chi connectivity index (χ0n) is 17.1. The van der Waals surface area contributed by atoms with Crippen LogP contribution in [0.15, 0.2) is 35.5 Å². The number of ether oxygens (including phenoxy) is 1. The molecule has 0 saturated heterocycles. The molecule has 1 aliphatic carbocycles. The second-order valence-corrected chi connectivity index (χ2v) is 8.85. The molecule has 0 aromatic carbocycles. The van der Waals surface area contributed by atoms with Gasteiger partial charge in [-0.2, -0.15) is 23.7 Å². The lowest BCUT2D eigenvalue weighted by Gasteiger charge is -2.23. The molecule has 32 heavy (non-hydrogen) atoms. The predicted molar refractivity (Wildman–Crippen MR) is 113 cm³/mol. The van der Waals surface area contributed by atoms with E-state index < -0.39 is 30.3 Å². The molecule has 2 N–H and O–H groups in total. The minimum Gasteiger partial charge on any atom is -0.357 e. The summed E-state index contributed by atoms with van der Waals surface area (Å²) in [6, 6.07) is 3.09. The molecule has 1 amide bonds. The standard InChI is InChI=1S/C19H20ClF3N6O2S/c1-11-13(9-28(2)25-11)32-27-17(30)12-3-4-14(24-16(12)20)29-8-5-15(26-29)31-10-18(6-7-18)19(21,22)23/h3-5,8-9,15,26H,6-7,10H2,1-2H3,(H,27,30). The molecule has 8 nitrogen and oxygen atoms in total. The van der Waals surface area contributed by atoms with Crippen molar-refractivity contribution >= 4 is 35.3 Å². The Labute approximate surface area is 191 Å². The Kier molecular flexibility index (Phi) is 6.14. The van der Waals surface area contributed by atoms with E-state index in [1.165, 1.54) is 11.1 Å². The average Bonchev–Trinajstić information content (AvgIpc) is 3.27. The topological polar surface area (TPSA) is 84.3 Å². The summed E-state index contributed by atoms with van der Waals surface area (Å²) >= 11 is 7.33. The molecule has 1 unspecified atom stereocenters. The van der Waals surface area contributed by atoms with Crippen LogP contribution in [0.2, 0.25) is 5.15 Å². The van der Waals surface area contributed by atoms with Gasteiger partial charge < -0.3 is 4.74 Å². The quantitative estimate of drug-likeness (QED) is 0.453. The first-order valence-corrected chi connectivity index (χ1v) is 10.8. The predicted octanol–water partition coefficient (Wildman–Crippen LogP) is 3.74. The summed E-state index contributed by atoms with van der Waals surface area (Å²) in [5.74, 6) is -0.0584. The number of halogens is 4. The van der Waals surface area contributed by atoms with Gasteiger partial charge in [-0.05, 0) is 49.9 Å². The van der Waals surface area contributed by atoms with E-state index in [0.717, 1.165) is 22.5 Å². The molecule has 0 spiro atoms. The lowest BCUT2D eigenvalue weighted by molar-refractivity contribution is -0.204. The molecule has 2 aromatic rings.